The lowest BCUT2D eigenvalue weighted by Gasteiger charge is -2.25. The van der Waals surface area contributed by atoms with E-state index >= 15 is 0 Å². The molecule has 1 N–H and O–H groups in total. The van der Waals surface area contributed by atoms with Gasteiger partial charge in [-0.2, -0.15) is 0 Å². The molecule has 0 amide bonds. The standard InChI is InChI=1S/C15H27N3/c1-6-7-8-9-15(4,5)11-16-14-10-12(2)17-13(3)18-14/h10H,6-9,11H2,1-5H3,(H,16,17,18). The average molecular weight is 249 g/mol. The van der Waals surface area contributed by atoms with Gasteiger partial charge >= 0.3 is 0 Å². The molecule has 0 saturated heterocycles. The van der Waals surface area contributed by atoms with Gasteiger partial charge in [-0.1, -0.05) is 40.0 Å². The predicted molar refractivity (Wildman–Crippen MR) is 77.9 cm³/mol. The number of nitrogens with one attached hydrogen (secondary N) is 1. The second kappa shape index (κ2) is 6.72. The summed E-state index contributed by atoms with van der Waals surface area (Å²) in [4.78, 5) is 8.70. The molecule has 18 heavy (non-hydrogen) atoms. The molecule has 1 aromatic heterocycles. The van der Waals surface area contributed by atoms with Crippen molar-refractivity contribution < 1.29 is 0 Å². The van der Waals surface area contributed by atoms with Crippen molar-refractivity contribution >= 4 is 5.82 Å². The molecule has 0 atom stereocenters. The van der Waals surface area contributed by atoms with Crippen LogP contribution in [-0.2, 0) is 0 Å². The summed E-state index contributed by atoms with van der Waals surface area (Å²) in [6.07, 6.45) is 5.19. The van der Waals surface area contributed by atoms with Crippen LogP contribution in [0, 0.1) is 19.3 Å². The van der Waals surface area contributed by atoms with Gasteiger partial charge in [0.1, 0.15) is 11.6 Å². The lowest BCUT2D eigenvalue weighted by Crippen LogP contribution is -2.23. The SMILES string of the molecule is CCCCCC(C)(C)CNc1cc(C)nc(C)n1. The van der Waals surface area contributed by atoms with Crippen LogP contribution in [0.15, 0.2) is 6.07 Å². The number of hydrogen-bond donors (Lipinski definition) is 1. The number of anilines is 1. The monoisotopic (exact) mass is 249 g/mol. The molecule has 102 valence electrons. The molecule has 0 unspecified atom stereocenters. The second-order valence-corrected chi connectivity index (χ2v) is 5.92. The van der Waals surface area contributed by atoms with E-state index in [1.165, 1.54) is 25.7 Å². The first kappa shape index (κ1) is 14.9. The van der Waals surface area contributed by atoms with Gasteiger partial charge in [0.2, 0.25) is 0 Å². The minimum Gasteiger partial charge on any atom is -0.369 e. The molecule has 1 heterocycles. The Morgan fingerprint density at radius 2 is 1.89 bits per heavy atom. The molecule has 3 heteroatoms. The highest BCUT2D eigenvalue weighted by Gasteiger charge is 2.17. The number of rotatable bonds is 7. The fourth-order valence-corrected chi connectivity index (χ4v) is 2.08. The molecule has 3 nitrogen and oxygen atoms in total. The van der Waals surface area contributed by atoms with Crippen molar-refractivity contribution in [2.24, 2.45) is 5.41 Å². The summed E-state index contributed by atoms with van der Waals surface area (Å²) in [7, 11) is 0. The van der Waals surface area contributed by atoms with E-state index in [4.69, 9.17) is 0 Å². The van der Waals surface area contributed by atoms with E-state index in [0.717, 1.165) is 23.9 Å². The summed E-state index contributed by atoms with van der Waals surface area (Å²) in [5.41, 5.74) is 1.34. The van der Waals surface area contributed by atoms with Crippen LogP contribution in [0.1, 0.15) is 58.0 Å². The normalized spacial score (nSPS) is 11.6. The van der Waals surface area contributed by atoms with Crippen LogP contribution in [0.25, 0.3) is 0 Å². The van der Waals surface area contributed by atoms with E-state index in [9.17, 15) is 0 Å². The Balaban J connectivity index is 2.47. The molecule has 0 fully saturated rings. The zero-order valence-electron chi connectivity index (χ0n) is 12.5. The Morgan fingerprint density at radius 1 is 1.17 bits per heavy atom. The van der Waals surface area contributed by atoms with Gasteiger partial charge in [-0.05, 0) is 25.7 Å². The Bertz CT molecular complexity index is 352. The Hall–Kier alpha value is -1.12. The maximum Gasteiger partial charge on any atom is 0.129 e. The van der Waals surface area contributed by atoms with Crippen molar-refractivity contribution in [3.8, 4) is 0 Å². The Kier molecular flexibility index (Phi) is 5.57. The molecule has 0 spiro atoms. The molecule has 0 aliphatic rings. The molecule has 0 radical (unpaired) electrons. The van der Waals surface area contributed by atoms with Gasteiger partial charge in [-0.25, -0.2) is 9.97 Å². The molecule has 0 aliphatic carbocycles. The first-order valence-electron chi connectivity index (χ1n) is 6.99. The fourth-order valence-electron chi connectivity index (χ4n) is 2.08. The summed E-state index contributed by atoms with van der Waals surface area (Å²) in [6.45, 7) is 11.8. The molecule has 1 rings (SSSR count). The second-order valence-electron chi connectivity index (χ2n) is 5.92. The van der Waals surface area contributed by atoms with Crippen molar-refractivity contribution in [1.82, 2.24) is 9.97 Å². The number of hydrogen-bond acceptors (Lipinski definition) is 3. The quantitative estimate of drug-likeness (QED) is 0.739. The molecule has 1 aromatic rings. The zero-order chi connectivity index (χ0) is 13.6. The molecular weight excluding hydrogens is 222 g/mol. The largest absolute Gasteiger partial charge is 0.369 e. The summed E-state index contributed by atoms with van der Waals surface area (Å²) < 4.78 is 0. The minimum absolute atomic E-state index is 0.321. The highest BCUT2D eigenvalue weighted by Crippen LogP contribution is 2.24. The van der Waals surface area contributed by atoms with Gasteiger partial charge in [0, 0.05) is 18.3 Å². The Labute approximate surface area is 111 Å². The first-order chi connectivity index (χ1) is 8.43. The lowest BCUT2D eigenvalue weighted by molar-refractivity contribution is 0.342. The summed E-state index contributed by atoms with van der Waals surface area (Å²) in [5.74, 6) is 1.78. The topological polar surface area (TPSA) is 37.8 Å². The molecular formula is C15H27N3. The molecule has 0 bridgehead atoms. The third kappa shape index (κ3) is 5.48. The van der Waals surface area contributed by atoms with Gasteiger partial charge in [0.05, 0.1) is 0 Å². The summed E-state index contributed by atoms with van der Waals surface area (Å²) in [6, 6.07) is 2.01. The van der Waals surface area contributed by atoms with Crippen LogP contribution in [0.3, 0.4) is 0 Å². The van der Waals surface area contributed by atoms with Crippen molar-refractivity contribution in [3.63, 3.8) is 0 Å². The summed E-state index contributed by atoms with van der Waals surface area (Å²) >= 11 is 0. The Morgan fingerprint density at radius 3 is 2.50 bits per heavy atom. The van der Waals surface area contributed by atoms with Gasteiger partial charge in [0.15, 0.2) is 0 Å². The molecule has 0 saturated carbocycles. The number of aryl methyl sites for hydroxylation is 2. The van der Waals surface area contributed by atoms with Crippen LogP contribution < -0.4 is 5.32 Å². The molecule has 0 aromatic carbocycles. The van der Waals surface area contributed by atoms with Crippen molar-refractivity contribution in [2.75, 3.05) is 11.9 Å². The maximum atomic E-state index is 4.41. The number of aromatic nitrogens is 2. The third-order valence-electron chi connectivity index (χ3n) is 3.17. The van der Waals surface area contributed by atoms with Crippen molar-refractivity contribution in [3.05, 3.63) is 17.6 Å². The first-order valence-corrected chi connectivity index (χ1v) is 6.99. The van der Waals surface area contributed by atoms with Gasteiger partial charge in [-0.3, -0.25) is 0 Å². The number of nitrogens with zero attached hydrogens (tertiary/aromatic N) is 2. The smallest absolute Gasteiger partial charge is 0.129 e. The van der Waals surface area contributed by atoms with Crippen LogP contribution in [0.4, 0.5) is 5.82 Å². The van der Waals surface area contributed by atoms with E-state index in [0.29, 0.717) is 5.41 Å². The van der Waals surface area contributed by atoms with Crippen LogP contribution >= 0.6 is 0 Å². The fraction of sp³-hybridized carbons (Fsp3) is 0.733. The predicted octanol–water partition coefficient (Wildman–Crippen LogP) is 4.11. The minimum atomic E-state index is 0.321. The van der Waals surface area contributed by atoms with Gasteiger partial charge < -0.3 is 5.32 Å². The van der Waals surface area contributed by atoms with Crippen LogP contribution in [0.2, 0.25) is 0 Å². The average Bonchev–Trinajstić information content (AvgIpc) is 2.25. The highest BCUT2D eigenvalue weighted by atomic mass is 15.0. The summed E-state index contributed by atoms with van der Waals surface area (Å²) in [5, 5.41) is 3.44. The van der Waals surface area contributed by atoms with E-state index in [-0.39, 0.29) is 0 Å². The van der Waals surface area contributed by atoms with Gasteiger partial charge in [0.25, 0.3) is 0 Å². The van der Waals surface area contributed by atoms with Crippen molar-refractivity contribution in [2.45, 2.75) is 60.3 Å². The van der Waals surface area contributed by atoms with Crippen molar-refractivity contribution in [1.29, 1.82) is 0 Å². The van der Waals surface area contributed by atoms with Crippen LogP contribution in [-0.4, -0.2) is 16.5 Å². The highest BCUT2D eigenvalue weighted by molar-refractivity contribution is 5.35. The van der Waals surface area contributed by atoms with Crippen LogP contribution in [0.5, 0.6) is 0 Å². The maximum absolute atomic E-state index is 4.41. The van der Waals surface area contributed by atoms with E-state index in [2.05, 4.69) is 36.1 Å². The molecule has 0 aliphatic heterocycles. The number of unbranched alkanes of at least 4 members (excludes halogenated alkanes) is 2. The van der Waals surface area contributed by atoms with E-state index in [1.54, 1.807) is 0 Å². The third-order valence-corrected chi connectivity index (χ3v) is 3.17. The van der Waals surface area contributed by atoms with E-state index in [1.807, 2.05) is 19.9 Å². The van der Waals surface area contributed by atoms with E-state index < -0.39 is 0 Å². The lowest BCUT2D eigenvalue weighted by atomic mass is 9.87. The van der Waals surface area contributed by atoms with Gasteiger partial charge in [-0.15, -0.1) is 0 Å². The zero-order valence-corrected chi connectivity index (χ0v) is 12.5.